The molecule has 5 heterocycles. The predicted octanol–water partition coefficient (Wildman–Crippen LogP) is 2.50. The number of hydrogen-bond acceptors (Lipinski definition) is 8. The van der Waals surface area contributed by atoms with Gasteiger partial charge in [0.15, 0.2) is 10.9 Å². The third kappa shape index (κ3) is 2.99. The summed E-state index contributed by atoms with van der Waals surface area (Å²) in [6.07, 6.45) is 8.62. The Morgan fingerprint density at radius 3 is 2.89 bits per heavy atom. The summed E-state index contributed by atoms with van der Waals surface area (Å²) in [5.41, 5.74) is 1.84. The zero-order valence-electron chi connectivity index (χ0n) is 14.9. The van der Waals surface area contributed by atoms with Crippen molar-refractivity contribution >= 4 is 28.2 Å². The van der Waals surface area contributed by atoms with Gasteiger partial charge in [-0.2, -0.15) is 5.10 Å². The highest BCUT2D eigenvalue weighted by molar-refractivity contribution is 7.16. The van der Waals surface area contributed by atoms with Crippen LogP contribution in [0.25, 0.3) is 11.3 Å². The molecule has 4 aromatic rings. The zero-order chi connectivity index (χ0) is 19.1. The first kappa shape index (κ1) is 16.8. The maximum absolute atomic E-state index is 13.0. The van der Waals surface area contributed by atoms with Gasteiger partial charge in [0.1, 0.15) is 11.6 Å². The number of aryl methyl sites for hydroxylation is 1. The van der Waals surface area contributed by atoms with Gasteiger partial charge < -0.3 is 14.8 Å². The Hall–Kier alpha value is -3.34. The summed E-state index contributed by atoms with van der Waals surface area (Å²) < 4.78 is 15.0. The third-order valence-corrected chi connectivity index (χ3v) is 5.62. The van der Waals surface area contributed by atoms with Gasteiger partial charge in [0, 0.05) is 37.3 Å². The first-order valence-corrected chi connectivity index (χ1v) is 9.48. The number of nitrogens with zero attached hydrogens (tertiary/aromatic N) is 7. The lowest BCUT2D eigenvalue weighted by atomic mass is 10.2. The summed E-state index contributed by atoms with van der Waals surface area (Å²) in [4.78, 5) is 20.4. The van der Waals surface area contributed by atoms with Gasteiger partial charge in [-0.25, -0.2) is 24.3 Å². The molecule has 0 bridgehead atoms. The summed E-state index contributed by atoms with van der Waals surface area (Å²) in [6.45, 7) is 1.49. The van der Waals surface area contributed by atoms with Gasteiger partial charge in [0.25, 0.3) is 0 Å². The second kappa shape index (κ2) is 6.68. The van der Waals surface area contributed by atoms with Crippen LogP contribution in [0.5, 0.6) is 0 Å². The highest BCUT2D eigenvalue weighted by Crippen LogP contribution is 2.39. The lowest BCUT2D eigenvalue weighted by Gasteiger charge is -2.21. The average molecular weight is 397 g/mol. The number of aromatic amines is 1. The fourth-order valence-electron chi connectivity index (χ4n) is 3.18. The number of halogens is 1. The van der Waals surface area contributed by atoms with Gasteiger partial charge in [-0.3, -0.25) is 5.10 Å². The SMILES string of the molecule is Cn1ccnc1CN1CCc2sc(Nc3ncc(F)cn3)nc2-c2cn[nH]c21. The first-order valence-electron chi connectivity index (χ1n) is 8.66. The lowest BCUT2D eigenvalue weighted by molar-refractivity contribution is 0.614. The second-order valence-electron chi connectivity index (χ2n) is 6.40. The number of H-pyrrole nitrogens is 1. The Balaban J connectivity index is 1.44. The van der Waals surface area contributed by atoms with Crippen molar-refractivity contribution in [3.8, 4) is 11.3 Å². The van der Waals surface area contributed by atoms with E-state index in [1.165, 1.54) is 0 Å². The van der Waals surface area contributed by atoms with Crippen molar-refractivity contribution in [1.82, 2.24) is 34.7 Å². The van der Waals surface area contributed by atoms with Crippen LogP contribution in [0.3, 0.4) is 0 Å². The molecule has 0 saturated heterocycles. The molecule has 5 rings (SSSR count). The normalized spacial score (nSPS) is 13.1. The highest BCUT2D eigenvalue weighted by Gasteiger charge is 2.26. The fourth-order valence-corrected chi connectivity index (χ4v) is 4.14. The highest BCUT2D eigenvalue weighted by atomic mass is 32.1. The molecule has 9 nitrogen and oxygen atoms in total. The van der Waals surface area contributed by atoms with Crippen molar-refractivity contribution in [3.05, 3.63) is 47.5 Å². The number of aromatic nitrogens is 7. The number of anilines is 3. The molecule has 0 atom stereocenters. The Kier molecular flexibility index (Phi) is 4.01. The fraction of sp³-hybridized carbons (Fsp3) is 0.235. The van der Waals surface area contributed by atoms with Gasteiger partial charge in [-0.15, -0.1) is 11.3 Å². The molecular formula is C17H16FN9S. The summed E-state index contributed by atoms with van der Waals surface area (Å²) in [5.74, 6) is 1.75. The minimum Gasteiger partial charge on any atom is -0.349 e. The van der Waals surface area contributed by atoms with Crippen LogP contribution in [-0.2, 0) is 20.0 Å². The van der Waals surface area contributed by atoms with Crippen molar-refractivity contribution in [1.29, 1.82) is 0 Å². The van der Waals surface area contributed by atoms with Crippen LogP contribution in [-0.4, -0.2) is 41.2 Å². The number of hydrogen-bond donors (Lipinski definition) is 2. The molecule has 0 spiro atoms. The monoisotopic (exact) mass is 397 g/mol. The molecule has 0 amide bonds. The van der Waals surface area contributed by atoms with Crippen LogP contribution in [0.4, 0.5) is 21.3 Å². The van der Waals surface area contributed by atoms with Gasteiger partial charge in [0.2, 0.25) is 5.95 Å². The van der Waals surface area contributed by atoms with Gasteiger partial charge in [0.05, 0.1) is 36.4 Å². The molecule has 0 unspecified atom stereocenters. The summed E-state index contributed by atoms with van der Waals surface area (Å²) in [5, 5.41) is 11.1. The molecular weight excluding hydrogens is 381 g/mol. The van der Waals surface area contributed by atoms with Crippen LogP contribution in [0.2, 0.25) is 0 Å². The van der Waals surface area contributed by atoms with Crippen LogP contribution in [0, 0.1) is 5.82 Å². The molecule has 0 aliphatic carbocycles. The van der Waals surface area contributed by atoms with E-state index in [0.717, 1.165) is 53.1 Å². The van der Waals surface area contributed by atoms with Crippen molar-refractivity contribution < 1.29 is 4.39 Å². The first-order chi connectivity index (χ1) is 13.7. The molecule has 0 aromatic carbocycles. The maximum Gasteiger partial charge on any atom is 0.229 e. The summed E-state index contributed by atoms with van der Waals surface area (Å²) >= 11 is 1.54. The van der Waals surface area contributed by atoms with Gasteiger partial charge >= 0.3 is 0 Å². The van der Waals surface area contributed by atoms with E-state index < -0.39 is 5.82 Å². The summed E-state index contributed by atoms with van der Waals surface area (Å²) in [7, 11) is 1.99. The number of nitrogens with one attached hydrogen (secondary N) is 2. The van der Waals surface area contributed by atoms with E-state index in [-0.39, 0.29) is 0 Å². The largest absolute Gasteiger partial charge is 0.349 e. The van der Waals surface area contributed by atoms with Crippen molar-refractivity contribution in [2.45, 2.75) is 13.0 Å². The Labute approximate surface area is 163 Å². The quantitative estimate of drug-likeness (QED) is 0.546. The van der Waals surface area contributed by atoms with E-state index in [2.05, 4.69) is 35.4 Å². The van der Waals surface area contributed by atoms with Crippen LogP contribution in [0.1, 0.15) is 10.7 Å². The van der Waals surface area contributed by atoms with E-state index in [9.17, 15) is 4.39 Å². The van der Waals surface area contributed by atoms with Crippen molar-refractivity contribution in [2.24, 2.45) is 7.05 Å². The molecule has 1 aliphatic heterocycles. The van der Waals surface area contributed by atoms with Gasteiger partial charge in [-0.05, 0) is 0 Å². The van der Waals surface area contributed by atoms with Crippen LogP contribution in [0.15, 0.2) is 31.0 Å². The molecule has 4 aromatic heterocycles. The third-order valence-electron chi connectivity index (χ3n) is 4.59. The van der Waals surface area contributed by atoms with E-state index in [0.29, 0.717) is 17.6 Å². The lowest BCUT2D eigenvalue weighted by Crippen LogP contribution is -2.26. The minimum absolute atomic E-state index is 0.314. The average Bonchev–Trinajstić information content (AvgIpc) is 3.39. The molecule has 0 radical (unpaired) electrons. The molecule has 0 saturated carbocycles. The molecule has 2 N–H and O–H groups in total. The van der Waals surface area contributed by atoms with Crippen LogP contribution >= 0.6 is 11.3 Å². The number of imidazole rings is 1. The topological polar surface area (TPSA) is 100 Å². The van der Waals surface area contributed by atoms with E-state index >= 15 is 0 Å². The summed E-state index contributed by atoms with van der Waals surface area (Å²) in [6, 6.07) is 0. The van der Waals surface area contributed by atoms with E-state index in [4.69, 9.17) is 4.98 Å². The standard InChI is InChI=1S/C17H16FN9S/c1-26-5-3-19-13(26)9-27-4-2-12-14(11-8-22-25-15(11)27)23-17(28-12)24-16-20-6-10(18)7-21-16/h3,5-8H,2,4,9H2,1H3,(H,22,25)(H,20,21,23,24). The molecule has 28 heavy (non-hydrogen) atoms. The predicted molar refractivity (Wildman–Crippen MR) is 103 cm³/mol. The minimum atomic E-state index is -0.476. The second-order valence-corrected chi connectivity index (χ2v) is 7.48. The molecule has 11 heteroatoms. The van der Waals surface area contributed by atoms with Crippen molar-refractivity contribution in [2.75, 3.05) is 16.8 Å². The molecule has 0 fully saturated rings. The van der Waals surface area contributed by atoms with E-state index in [1.807, 2.05) is 17.8 Å². The smallest absolute Gasteiger partial charge is 0.229 e. The number of fused-ring (bicyclic) bond motifs is 3. The Morgan fingerprint density at radius 2 is 2.11 bits per heavy atom. The zero-order valence-corrected chi connectivity index (χ0v) is 15.7. The Bertz CT molecular complexity index is 1110. The number of rotatable bonds is 4. The maximum atomic E-state index is 13.0. The van der Waals surface area contributed by atoms with Crippen molar-refractivity contribution in [3.63, 3.8) is 0 Å². The number of thiazole rings is 1. The van der Waals surface area contributed by atoms with E-state index in [1.54, 1.807) is 23.7 Å². The van der Waals surface area contributed by atoms with Gasteiger partial charge in [-0.1, -0.05) is 0 Å². The van der Waals surface area contributed by atoms with Crippen LogP contribution < -0.4 is 10.2 Å². The molecule has 142 valence electrons. The molecule has 1 aliphatic rings. The Morgan fingerprint density at radius 1 is 1.25 bits per heavy atom.